The van der Waals surface area contributed by atoms with Crippen molar-refractivity contribution in [3.63, 3.8) is 0 Å². The van der Waals surface area contributed by atoms with Crippen molar-refractivity contribution < 1.29 is 0 Å². The molecule has 0 N–H and O–H groups in total. The van der Waals surface area contributed by atoms with Gasteiger partial charge in [-0.05, 0) is 37.5 Å². The Balaban J connectivity index is 1.75. The number of halogens is 2. The molecule has 1 unspecified atom stereocenters. The monoisotopic (exact) mass is 309 g/mol. The van der Waals surface area contributed by atoms with Crippen LogP contribution in [0.1, 0.15) is 31.1 Å². The Kier molecular flexibility index (Phi) is 3.17. The predicted molar refractivity (Wildman–Crippen MR) is 82.5 cm³/mol. The van der Waals surface area contributed by atoms with Crippen molar-refractivity contribution >= 4 is 34.2 Å². The number of benzene rings is 1. The van der Waals surface area contributed by atoms with Gasteiger partial charge < -0.3 is 4.57 Å². The number of fused-ring (bicyclic) bond motifs is 1. The summed E-state index contributed by atoms with van der Waals surface area (Å²) in [7, 11) is 0. The number of alkyl halides is 1. The van der Waals surface area contributed by atoms with Crippen LogP contribution in [0.3, 0.4) is 0 Å². The van der Waals surface area contributed by atoms with E-state index in [1.165, 1.54) is 25.8 Å². The van der Waals surface area contributed by atoms with Gasteiger partial charge in [0.2, 0.25) is 0 Å². The Hall–Kier alpha value is -0.770. The normalized spacial score (nSPS) is 23.8. The highest BCUT2D eigenvalue weighted by Crippen LogP contribution is 2.36. The van der Waals surface area contributed by atoms with E-state index in [1.807, 2.05) is 18.2 Å². The Labute approximate surface area is 128 Å². The highest BCUT2D eigenvalue weighted by Gasteiger charge is 2.35. The summed E-state index contributed by atoms with van der Waals surface area (Å²) in [4.78, 5) is 7.27. The third-order valence-corrected chi connectivity index (χ3v) is 4.94. The standard InChI is InChI=1S/C15H17Cl2N3/c16-8-15-18-13-4-1-10(17)7-14(13)20(15)12-5-6-19(9-12)11-2-3-11/h1,4,7,11-12H,2-3,5-6,8-9H2. The first-order chi connectivity index (χ1) is 9.76. The lowest BCUT2D eigenvalue weighted by Gasteiger charge is -2.18. The Bertz CT molecular complexity index is 648. The van der Waals surface area contributed by atoms with E-state index >= 15 is 0 Å². The molecule has 3 nitrogen and oxygen atoms in total. The fraction of sp³-hybridized carbons (Fsp3) is 0.533. The molecule has 2 heterocycles. The van der Waals surface area contributed by atoms with E-state index < -0.39 is 0 Å². The zero-order valence-electron chi connectivity index (χ0n) is 11.2. The molecule has 20 heavy (non-hydrogen) atoms. The van der Waals surface area contributed by atoms with Gasteiger partial charge in [0, 0.05) is 30.2 Å². The maximum Gasteiger partial charge on any atom is 0.125 e. The molecule has 1 atom stereocenters. The number of aromatic nitrogens is 2. The van der Waals surface area contributed by atoms with Crippen molar-refractivity contribution in [1.82, 2.24) is 14.5 Å². The first kappa shape index (κ1) is 12.9. The highest BCUT2D eigenvalue weighted by molar-refractivity contribution is 6.31. The van der Waals surface area contributed by atoms with Crippen LogP contribution in [0.2, 0.25) is 5.02 Å². The third-order valence-electron chi connectivity index (χ3n) is 4.47. The quantitative estimate of drug-likeness (QED) is 0.803. The fourth-order valence-corrected chi connectivity index (χ4v) is 3.72. The van der Waals surface area contributed by atoms with Crippen LogP contribution in [0.4, 0.5) is 0 Å². The summed E-state index contributed by atoms with van der Waals surface area (Å²) in [6.45, 7) is 2.31. The largest absolute Gasteiger partial charge is 0.322 e. The van der Waals surface area contributed by atoms with Crippen LogP contribution in [0.5, 0.6) is 0 Å². The van der Waals surface area contributed by atoms with E-state index in [0.29, 0.717) is 11.9 Å². The molecule has 1 saturated carbocycles. The zero-order chi connectivity index (χ0) is 13.7. The van der Waals surface area contributed by atoms with Gasteiger partial charge in [0.15, 0.2) is 0 Å². The van der Waals surface area contributed by atoms with Crippen LogP contribution in [-0.2, 0) is 5.88 Å². The van der Waals surface area contributed by atoms with Crippen molar-refractivity contribution in [3.05, 3.63) is 29.0 Å². The molecule has 2 aliphatic rings. The van der Waals surface area contributed by atoms with E-state index in [9.17, 15) is 0 Å². The summed E-state index contributed by atoms with van der Waals surface area (Å²) < 4.78 is 2.32. The molecule has 1 aromatic heterocycles. The van der Waals surface area contributed by atoms with Crippen LogP contribution in [0.25, 0.3) is 11.0 Å². The molecule has 1 aliphatic heterocycles. The second-order valence-electron chi connectivity index (χ2n) is 5.83. The molecule has 4 rings (SSSR count). The second kappa shape index (κ2) is 4.90. The van der Waals surface area contributed by atoms with Gasteiger partial charge in [0.1, 0.15) is 5.82 Å². The SMILES string of the molecule is ClCc1nc2ccc(Cl)cc2n1C1CCN(C2CC2)C1. The summed E-state index contributed by atoms with van der Waals surface area (Å²) in [5.74, 6) is 1.42. The molecule has 2 aromatic rings. The molecule has 0 amide bonds. The molecule has 2 fully saturated rings. The predicted octanol–water partition coefficient (Wildman–Crippen LogP) is 3.84. The lowest BCUT2D eigenvalue weighted by molar-refractivity contribution is 0.314. The minimum Gasteiger partial charge on any atom is -0.322 e. The van der Waals surface area contributed by atoms with Gasteiger partial charge in [-0.2, -0.15) is 0 Å². The number of likely N-dealkylation sites (tertiary alicyclic amines) is 1. The Morgan fingerprint density at radius 1 is 1.20 bits per heavy atom. The molecular weight excluding hydrogens is 293 g/mol. The number of hydrogen-bond donors (Lipinski definition) is 0. The lowest BCUT2D eigenvalue weighted by atomic mass is 10.2. The van der Waals surface area contributed by atoms with E-state index in [4.69, 9.17) is 23.2 Å². The summed E-state index contributed by atoms with van der Waals surface area (Å²) in [5, 5.41) is 0.761. The van der Waals surface area contributed by atoms with Gasteiger partial charge in [-0.25, -0.2) is 4.98 Å². The van der Waals surface area contributed by atoms with E-state index in [-0.39, 0.29) is 0 Å². The molecule has 0 radical (unpaired) electrons. The minimum absolute atomic E-state index is 0.451. The first-order valence-corrected chi connectivity index (χ1v) is 8.14. The number of imidazole rings is 1. The third kappa shape index (κ3) is 2.12. The van der Waals surface area contributed by atoms with Gasteiger partial charge in [-0.3, -0.25) is 4.90 Å². The highest BCUT2D eigenvalue weighted by atomic mass is 35.5. The molecule has 5 heteroatoms. The van der Waals surface area contributed by atoms with Crippen LogP contribution in [0, 0.1) is 0 Å². The molecule has 0 spiro atoms. The van der Waals surface area contributed by atoms with E-state index in [2.05, 4.69) is 14.5 Å². The van der Waals surface area contributed by atoms with Crippen molar-refractivity contribution in [3.8, 4) is 0 Å². The average molecular weight is 310 g/mol. The van der Waals surface area contributed by atoms with Crippen LogP contribution < -0.4 is 0 Å². The lowest BCUT2D eigenvalue weighted by Crippen LogP contribution is -2.24. The van der Waals surface area contributed by atoms with E-state index in [0.717, 1.165) is 34.5 Å². The van der Waals surface area contributed by atoms with Crippen molar-refractivity contribution in [1.29, 1.82) is 0 Å². The maximum atomic E-state index is 6.15. The second-order valence-corrected chi connectivity index (χ2v) is 6.54. The van der Waals surface area contributed by atoms with Gasteiger partial charge in [-0.15, -0.1) is 11.6 Å². The van der Waals surface area contributed by atoms with Crippen LogP contribution >= 0.6 is 23.2 Å². The maximum absolute atomic E-state index is 6.15. The molecule has 106 valence electrons. The van der Waals surface area contributed by atoms with Crippen molar-refractivity contribution in [2.75, 3.05) is 13.1 Å². The molecular formula is C15H17Cl2N3. The van der Waals surface area contributed by atoms with Crippen LogP contribution in [-0.4, -0.2) is 33.6 Å². The number of hydrogen-bond acceptors (Lipinski definition) is 2. The van der Waals surface area contributed by atoms with Crippen molar-refractivity contribution in [2.24, 2.45) is 0 Å². The molecule has 1 aromatic carbocycles. The average Bonchev–Trinajstić information content (AvgIpc) is 3.07. The summed E-state index contributed by atoms with van der Waals surface area (Å²) in [5.41, 5.74) is 2.12. The van der Waals surface area contributed by atoms with E-state index in [1.54, 1.807) is 0 Å². The number of rotatable bonds is 3. The minimum atomic E-state index is 0.451. The zero-order valence-corrected chi connectivity index (χ0v) is 12.7. The molecule has 1 saturated heterocycles. The van der Waals surface area contributed by atoms with Gasteiger partial charge >= 0.3 is 0 Å². The summed E-state index contributed by atoms with van der Waals surface area (Å²) in [6, 6.07) is 7.20. The van der Waals surface area contributed by atoms with Gasteiger partial charge in [-0.1, -0.05) is 11.6 Å². The molecule has 1 aliphatic carbocycles. The number of nitrogens with zero attached hydrogens (tertiary/aromatic N) is 3. The topological polar surface area (TPSA) is 21.1 Å². The fourth-order valence-electron chi connectivity index (χ4n) is 3.37. The Morgan fingerprint density at radius 2 is 2.05 bits per heavy atom. The summed E-state index contributed by atoms with van der Waals surface area (Å²) >= 11 is 12.3. The smallest absolute Gasteiger partial charge is 0.125 e. The Morgan fingerprint density at radius 3 is 2.80 bits per heavy atom. The summed E-state index contributed by atoms with van der Waals surface area (Å²) in [6.07, 6.45) is 3.91. The van der Waals surface area contributed by atoms with Crippen LogP contribution in [0.15, 0.2) is 18.2 Å². The van der Waals surface area contributed by atoms with Gasteiger partial charge in [0.05, 0.1) is 16.9 Å². The molecule has 0 bridgehead atoms. The van der Waals surface area contributed by atoms with Crippen molar-refractivity contribution in [2.45, 2.75) is 37.2 Å². The van der Waals surface area contributed by atoms with Gasteiger partial charge in [0.25, 0.3) is 0 Å². The first-order valence-electron chi connectivity index (χ1n) is 7.22.